The van der Waals surface area contributed by atoms with Crippen molar-refractivity contribution in [3.63, 3.8) is 0 Å². The molecule has 0 fully saturated rings. The minimum absolute atomic E-state index is 0.0950. The van der Waals surface area contributed by atoms with E-state index < -0.39 is 92.4 Å². The lowest BCUT2D eigenvalue weighted by molar-refractivity contribution is -0.126. The molecule has 0 aromatic heterocycles. The summed E-state index contributed by atoms with van der Waals surface area (Å²) in [5.74, 6) is -5.63. The average Bonchev–Trinajstić information content (AvgIpc) is 2.97. The summed E-state index contributed by atoms with van der Waals surface area (Å²) in [6.45, 7) is 2.53. The second-order valence-corrected chi connectivity index (χ2v) is 11.2. The standard InChI is InChI=1S/C32H26O12/c1-10-5-12-20(29(39)19-13(27(12)37)6-11(43-3)7-15(19)33)24(26(10)36)23-17(44-4)9-16(34)22-25(23)30(40)21-14(28(22)38)8-18(35)32(2,42)31(21)41/h5-7,9,18,31,33-36,41-42H,8H2,1-4H3/t18-,31-,32-/m1/s1. The zero-order valence-electron chi connectivity index (χ0n) is 23.8. The molecule has 12 heteroatoms. The lowest BCUT2D eigenvalue weighted by Crippen LogP contribution is -2.56. The number of aryl methyl sites for hydroxylation is 1. The summed E-state index contributed by atoms with van der Waals surface area (Å²) >= 11 is 0. The van der Waals surface area contributed by atoms with E-state index >= 15 is 0 Å². The van der Waals surface area contributed by atoms with Gasteiger partial charge in [0, 0.05) is 63.1 Å². The molecule has 6 rings (SSSR count). The van der Waals surface area contributed by atoms with Crippen LogP contribution >= 0.6 is 0 Å². The molecular formula is C32H26O12. The van der Waals surface area contributed by atoms with E-state index in [-0.39, 0.29) is 44.9 Å². The van der Waals surface area contributed by atoms with E-state index in [4.69, 9.17) is 9.47 Å². The number of phenolic OH excluding ortho intramolecular Hbond substituents is 3. The van der Waals surface area contributed by atoms with Gasteiger partial charge in [-0.15, -0.1) is 0 Å². The van der Waals surface area contributed by atoms with Gasteiger partial charge in [-0.25, -0.2) is 0 Å². The summed E-state index contributed by atoms with van der Waals surface area (Å²) in [7, 11) is 2.48. The Labute approximate surface area is 249 Å². The zero-order chi connectivity index (χ0) is 32.2. The van der Waals surface area contributed by atoms with E-state index in [1.165, 1.54) is 33.3 Å². The summed E-state index contributed by atoms with van der Waals surface area (Å²) in [5.41, 5.74) is -6.02. The van der Waals surface area contributed by atoms with Gasteiger partial charge < -0.3 is 40.1 Å². The number of hydrogen-bond donors (Lipinski definition) is 6. The summed E-state index contributed by atoms with van der Waals surface area (Å²) < 4.78 is 10.6. The molecule has 0 amide bonds. The molecule has 0 spiro atoms. The molecule has 0 bridgehead atoms. The molecule has 3 aliphatic carbocycles. The van der Waals surface area contributed by atoms with Crippen LogP contribution in [0.25, 0.3) is 11.1 Å². The fourth-order valence-electron chi connectivity index (χ4n) is 6.29. The first-order valence-corrected chi connectivity index (χ1v) is 13.4. The number of phenols is 3. The molecule has 0 saturated carbocycles. The fraction of sp³-hybridized carbons (Fsp3) is 0.250. The van der Waals surface area contributed by atoms with Gasteiger partial charge in [-0.3, -0.25) is 19.2 Å². The third kappa shape index (κ3) is 3.62. The highest BCUT2D eigenvalue weighted by atomic mass is 16.5. The number of aromatic hydroxyl groups is 3. The largest absolute Gasteiger partial charge is 0.507 e. The van der Waals surface area contributed by atoms with E-state index in [1.807, 2.05) is 0 Å². The number of benzene rings is 3. The van der Waals surface area contributed by atoms with Crippen molar-refractivity contribution in [2.75, 3.05) is 14.2 Å². The maximum Gasteiger partial charge on any atom is 0.199 e. The van der Waals surface area contributed by atoms with Gasteiger partial charge in [0.15, 0.2) is 23.1 Å². The molecular weight excluding hydrogens is 576 g/mol. The van der Waals surface area contributed by atoms with Crippen LogP contribution in [-0.4, -0.2) is 85.8 Å². The highest BCUT2D eigenvalue weighted by Gasteiger charge is 2.52. The van der Waals surface area contributed by atoms with Crippen molar-refractivity contribution in [3.8, 4) is 39.9 Å². The Kier molecular flexibility index (Phi) is 6.26. The highest BCUT2D eigenvalue weighted by Crippen LogP contribution is 2.52. The van der Waals surface area contributed by atoms with Crippen LogP contribution in [0.2, 0.25) is 0 Å². The normalized spacial score (nSPS) is 22.3. The maximum atomic E-state index is 14.2. The summed E-state index contributed by atoms with van der Waals surface area (Å²) in [6.07, 6.45) is -4.17. The number of hydrogen-bond acceptors (Lipinski definition) is 12. The Morgan fingerprint density at radius 3 is 2.00 bits per heavy atom. The second-order valence-electron chi connectivity index (χ2n) is 11.2. The Balaban J connectivity index is 1.72. The van der Waals surface area contributed by atoms with Crippen molar-refractivity contribution in [3.05, 3.63) is 74.4 Å². The molecule has 44 heavy (non-hydrogen) atoms. The van der Waals surface area contributed by atoms with Crippen molar-refractivity contribution in [1.29, 1.82) is 0 Å². The number of Topliss-reactive ketones (excluding diaryl/α,β-unsaturated/α-hetero) is 2. The van der Waals surface area contributed by atoms with Crippen LogP contribution in [0.5, 0.6) is 28.7 Å². The van der Waals surface area contributed by atoms with Gasteiger partial charge >= 0.3 is 0 Å². The maximum absolute atomic E-state index is 14.2. The van der Waals surface area contributed by atoms with Gasteiger partial charge in [0.25, 0.3) is 0 Å². The van der Waals surface area contributed by atoms with Crippen LogP contribution in [0.4, 0.5) is 0 Å². The molecule has 3 aliphatic rings. The van der Waals surface area contributed by atoms with Gasteiger partial charge in [0.1, 0.15) is 40.5 Å². The zero-order valence-corrected chi connectivity index (χ0v) is 23.8. The molecule has 0 unspecified atom stereocenters. The van der Waals surface area contributed by atoms with Gasteiger partial charge in [-0.1, -0.05) is 0 Å². The molecule has 3 aromatic carbocycles. The number of aliphatic hydroxyl groups excluding tert-OH is 2. The van der Waals surface area contributed by atoms with Crippen LogP contribution in [0.1, 0.15) is 71.5 Å². The molecule has 12 nitrogen and oxygen atoms in total. The predicted molar refractivity (Wildman–Crippen MR) is 151 cm³/mol. The number of ether oxygens (including phenoxy) is 2. The monoisotopic (exact) mass is 602 g/mol. The first-order chi connectivity index (χ1) is 20.7. The number of carbonyl (C=O) groups is 4. The number of ketones is 4. The number of fused-ring (bicyclic) bond motifs is 3. The smallest absolute Gasteiger partial charge is 0.199 e. The van der Waals surface area contributed by atoms with Crippen molar-refractivity contribution < 1.29 is 59.3 Å². The summed E-state index contributed by atoms with van der Waals surface area (Å²) in [4.78, 5) is 55.9. The molecule has 0 saturated heterocycles. The van der Waals surface area contributed by atoms with Crippen LogP contribution < -0.4 is 9.47 Å². The van der Waals surface area contributed by atoms with E-state index in [1.54, 1.807) is 0 Å². The molecule has 3 atom stereocenters. The lowest BCUT2D eigenvalue weighted by Gasteiger charge is -2.41. The van der Waals surface area contributed by atoms with E-state index in [0.717, 1.165) is 19.1 Å². The molecule has 0 heterocycles. The summed E-state index contributed by atoms with van der Waals surface area (Å²) in [6, 6.07) is 4.68. The van der Waals surface area contributed by atoms with Gasteiger partial charge in [0.05, 0.1) is 31.5 Å². The Bertz CT molecular complexity index is 1930. The van der Waals surface area contributed by atoms with Crippen LogP contribution in [0.3, 0.4) is 0 Å². The van der Waals surface area contributed by atoms with Crippen LogP contribution in [0.15, 0.2) is 35.4 Å². The minimum Gasteiger partial charge on any atom is -0.507 e. The van der Waals surface area contributed by atoms with E-state index in [9.17, 15) is 49.8 Å². The number of rotatable bonds is 3. The average molecular weight is 603 g/mol. The quantitative estimate of drug-likeness (QED) is 0.199. The van der Waals surface area contributed by atoms with Crippen molar-refractivity contribution in [2.24, 2.45) is 0 Å². The number of methoxy groups -OCH3 is 2. The number of aliphatic hydroxyl groups is 3. The molecule has 3 aromatic rings. The third-order valence-corrected chi connectivity index (χ3v) is 8.70. The number of carbonyl (C=O) groups excluding carboxylic acids is 4. The topological polar surface area (TPSA) is 208 Å². The predicted octanol–water partition coefficient (Wildman–Crippen LogP) is 2.12. The van der Waals surface area contributed by atoms with Crippen molar-refractivity contribution in [1.82, 2.24) is 0 Å². The summed E-state index contributed by atoms with van der Waals surface area (Å²) in [5, 5.41) is 65.4. The van der Waals surface area contributed by atoms with Crippen LogP contribution in [-0.2, 0) is 0 Å². The van der Waals surface area contributed by atoms with Crippen molar-refractivity contribution in [2.45, 2.75) is 38.1 Å². The SMILES string of the molecule is COc1cc(O)c2c(c1)C(=O)c1cc(C)c(O)c(-c3c(OC)cc(O)c4c3C(=O)C3=C(C[C@@H](O)[C@@](C)(O)[C@@H]3O)C4=O)c1C2=O. The van der Waals surface area contributed by atoms with Gasteiger partial charge in [-0.05, 0) is 31.5 Å². The van der Waals surface area contributed by atoms with E-state index in [2.05, 4.69) is 0 Å². The third-order valence-electron chi connectivity index (χ3n) is 8.70. The van der Waals surface area contributed by atoms with Crippen molar-refractivity contribution >= 4 is 23.1 Å². The first-order valence-electron chi connectivity index (χ1n) is 13.4. The Hall–Kier alpha value is -5.04. The van der Waals surface area contributed by atoms with E-state index in [0.29, 0.717) is 0 Å². The highest BCUT2D eigenvalue weighted by molar-refractivity contribution is 6.34. The Morgan fingerprint density at radius 1 is 0.727 bits per heavy atom. The van der Waals surface area contributed by atoms with Gasteiger partial charge in [0.2, 0.25) is 0 Å². The second kappa shape index (κ2) is 9.48. The first kappa shape index (κ1) is 29.1. The minimum atomic E-state index is -2.23. The molecule has 0 aliphatic heterocycles. The van der Waals surface area contributed by atoms with Gasteiger partial charge in [-0.2, -0.15) is 0 Å². The van der Waals surface area contributed by atoms with Crippen LogP contribution in [0, 0.1) is 6.92 Å². The molecule has 0 radical (unpaired) electrons. The molecule has 226 valence electrons. The Morgan fingerprint density at radius 2 is 1.36 bits per heavy atom. The fourth-order valence-corrected chi connectivity index (χ4v) is 6.29. The molecule has 6 N–H and O–H groups in total. The lowest BCUT2D eigenvalue weighted by atomic mass is 9.68.